The maximum absolute atomic E-state index is 13.6. The molecule has 0 radical (unpaired) electrons. The first kappa shape index (κ1) is 16.0. The summed E-state index contributed by atoms with van der Waals surface area (Å²) in [6, 6.07) is 3.79. The third kappa shape index (κ3) is 5.63. The predicted octanol–water partition coefficient (Wildman–Crippen LogP) is 2.15. The number of rotatable bonds is 9. The number of benzene rings is 1. The van der Waals surface area contributed by atoms with Crippen LogP contribution in [0.5, 0.6) is 0 Å². The molecule has 5 heteroatoms. The smallest absolute Gasteiger partial charge is 0.129 e. The molecule has 1 aromatic carbocycles. The fourth-order valence-corrected chi connectivity index (χ4v) is 1.82. The number of likely N-dealkylation sites (N-methyl/N-ethyl adjacent to an activating group) is 1. The van der Waals surface area contributed by atoms with E-state index in [0.717, 1.165) is 0 Å². The highest BCUT2D eigenvalue weighted by molar-refractivity contribution is 5.20. The molecule has 0 aliphatic heterocycles. The van der Waals surface area contributed by atoms with E-state index in [4.69, 9.17) is 9.47 Å². The SMILES string of the molecule is CCNC(COCCOC)Cc1c(F)cccc1F. The summed E-state index contributed by atoms with van der Waals surface area (Å²) in [5.41, 5.74) is 0.101. The minimum atomic E-state index is -0.514. The Bertz CT molecular complexity index is 354. The molecular weight excluding hydrogens is 252 g/mol. The van der Waals surface area contributed by atoms with Gasteiger partial charge >= 0.3 is 0 Å². The highest BCUT2D eigenvalue weighted by atomic mass is 19.1. The average Bonchev–Trinajstić information content (AvgIpc) is 2.39. The molecule has 1 rings (SSSR count). The Hall–Kier alpha value is -1.04. The van der Waals surface area contributed by atoms with Crippen LogP contribution in [0.25, 0.3) is 0 Å². The molecule has 1 atom stereocenters. The van der Waals surface area contributed by atoms with Crippen molar-refractivity contribution in [1.29, 1.82) is 0 Å². The van der Waals surface area contributed by atoms with Crippen molar-refractivity contribution in [3.63, 3.8) is 0 Å². The second-order valence-electron chi connectivity index (χ2n) is 4.23. The molecule has 0 amide bonds. The number of halogens is 2. The number of methoxy groups -OCH3 is 1. The van der Waals surface area contributed by atoms with Gasteiger partial charge in [-0.3, -0.25) is 0 Å². The van der Waals surface area contributed by atoms with E-state index in [1.807, 2.05) is 6.92 Å². The molecule has 3 nitrogen and oxygen atoms in total. The quantitative estimate of drug-likeness (QED) is 0.699. The molecule has 0 aliphatic carbocycles. The summed E-state index contributed by atoms with van der Waals surface area (Å²) in [4.78, 5) is 0. The lowest BCUT2D eigenvalue weighted by Crippen LogP contribution is -2.36. The Balaban J connectivity index is 2.57. The first-order chi connectivity index (χ1) is 9.19. The lowest BCUT2D eigenvalue weighted by atomic mass is 10.1. The maximum Gasteiger partial charge on any atom is 0.129 e. The minimum absolute atomic E-state index is 0.101. The van der Waals surface area contributed by atoms with Crippen LogP contribution in [0.15, 0.2) is 18.2 Å². The van der Waals surface area contributed by atoms with Crippen LogP contribution in [0.3, 0.4) is 0 Å². The molecule has 0 fully saturated rings. The minimum Gasteiger partial charge on any atom is -0.382 e. The summed E-state index contributed by atoms with van der Waals surface area (Å²) in [5, 5.41) is 3.16. The van der Waals surface area contributed by atoms with Gasteiger partial charge in [-0.2, -0.15) is 0 Å². The molecule has 0 spiro atoms. The standard InChI is InChI=1S/C14H21F2NO2/c1-3-17-11(10-19-8-7-18-2)9-12-13(15)5-4-6-14(12)16/h4-6,11,17H,3,7-10H2,1-2H3. The summed E-state index contributed by atoms with van der Waals surface area (Å²) >= 11 is 0. The Morgan fingerprint density at radius 2 is 1.89 bits per heavy atom. The van der Waals surface area contributed by atoms with Crippen LogP contribution >= 0.6 is 0 Å². The van der Waals surface area contributed by atoms with Crippen molar-refractivity contribution in [2.45, 2.75) is 19.4 Å². The Morgan fingerprint density at radius 3 is 2.47 bits per heavy atom. The summed E-state index contributed by atoms with van der Waals surface area (Å²) in [6.45, 7) is 4.03. The van der Waals surface area contributed by atoms with E-state index in [-0.39, 0.29) is 18.0 Å². The largest absolute Gasteiger partial charge is 0.382 e. The Kier molecular flexibility index (Phi) is 7.55. The molecule has 1 aromatic rings. The van der Waals surface area contributed by atoms with Crippen molar-refractivity contribution in [3.05, 3.63) is 35.4 Å². The third-order valence-corrected chi connectivity index (χ3v) is 2.76. The molecule has 0 aliphatic rings. The van der Waals surface area contributed by atoms with Gasteiger partial charge in [0.25, 0.3) is 0 Å². The van der Waals surface area contributed by atoms with Gasteiger partial charge in [0.2, 0.25) is 0 Å². The lowest BCUT2D eigenvalue weighted by molar-refractivity contribution is 0.0587. The van der Waals surface area contributed by atoms with Crippen LogP contribution in [-0.2, 0) is 15.9 Å². The Labute approximate surface area is 112 Å². The zero-order chi connectivity index (χ0) is 14.1. The fraction of sp³-hybridized carbons (Fsp3) is 0.571. The summed E-state index contributed by atoms with van der Waals surface area (Å²) in [6.07, 6.45) is 0.263. The average molecular weight is 273 g/mol. The molecule has 0 saturated heterocycles. The van der Waals surface area contributed by atoms with E-state index in [1.165, 1.54) is 18.2 Å². The van der Waals surface area contributed by atoms with Crippen LogP contribution in [0.1, 0.15) is 12.5 Å². The van der Waals surface area contributed by atoms with Gasteiger partial charge in [-0.15, -0.1) is 0 Å². The van der Waals surface area contributed by atoms with E-state index >= 15 is 0 Å². The van der Waals surface area contributed by atoms with Gasteiger partial charge < -0.3 is 14.8 Å². The topological polar surface area (TPSA) is 30.5 Å². The van der Waals surface area contributed by atoms with Gasteiger partial charge in [0.15, 0.2) is 0 Å². The van der Waals surface area contributed by atoms with E-state index in [0.29, 0.717) is 26.4 Å². The Morgan fingerprint density at radius 1 is 1.21 bits per heavy atom. The van der Waals surface area contributed by atoms with E-state index in [1.54, 1.807) is 7.11 Å². The molecule has 0 aromatic heterocycles. The number of hydrogen-bond acceptors (Lipinski definition) is 3. The van der Waals surface area contributed by atoms with Crippen molar-refractivity contribution >= 4 is 0 Å². The zero-order valence-corrected chi connectivity index (χ0v) is 11.4. The maximum atomic E-state index is 13.6. The van der Waals surface area contributed by atoms with Gasteiger partial charge in [0.05, 0.1) is 19.8 Å². The predicted molar refractivity (Wildman–Crippen MR) is 70.2 cm³/mol. The van der Waals surface area contributed by atoms with Crippen LogP contribution in [0.4, 0.5) is 8.78 Å². The van der Waals surface area contributed by atoms with Crippen LogP contribution in [0, 0.1) is 11.6 Å². The molecule has 0 bridgehead atoms. The van der Waals surface area contributed by atoms with Crippen molar-refractivity contribution < 1.29 is 18.3 Å². The van der Waals surface area contributed by atoms with E-state index in [9.17, 15) is 8.78 Å². The number of nitrogens with one attached hydrogen (secondary N) is 1. The normalized spacial score (nSPS) is 12.6. The van der Waals surface area contributed by atoms with Crippen molar-refractivity contribution in [3.8, 4) is 0 Å². The fourth-order valence-electron chi connectivity index (χ4n) is 1.82. The summed E-state index contributed by atoms with van der Waals surface area (Å²) < 4.78 is 37.4. The van der Waals surface area contributed by atoms with Crippen LogP contribution in [-0.4, -0.2) is 39.5 Å². The van der Waals surface area contributed by atoms with Crippen molar-refractivity contribution in [2.75, 3.05) is 33.5 Å². The molecule has 1 unspecified atom stereocenters. The monoisotopic (exact) mass is 273 g/mol. The molecular formula is C14H21F2NO2. The van der Waals surface area contributed by atoms with Crippen molar-refractivity contribution in [2.24, 2.45) is 0 Å². The van der Waals surface area contributed by atoms with E-state index < -0.39 is 11.6 Å². The molecule has 1 N–H and O–H groups in total. The van der Waals surface area contributed by atoms with Crippen LogP contribution < -0.4 is 5.32 Å². The zero-order valence-electron chi connectivity index (χ0n) is 11.4. The number of ether oxygens (including phenoxy) is 2. The van der Waals surface area contributed by atoms with Gasteiger partial charge in [-0.1, -0.05) is 13.0 Å². The number of hydrogen-bond donors (Lipinski definition) is 1. The molecule has 108 valence electrons. The highest BCUT2D eigenvalue weighted by Crippen LogP contribution is 2.14. The van der Waals surface area contributed by atoms with Gasteiger partial charge in [-0.05, 0) is 25.1 Å². The first-order valence-electron chi connectivity index (χ1n) is 6.42. The first-order valence-corrected chi connectivity index (χ1v) is 6.42. The highest BCUT2D eigenvalue weighted by Gasteiger charge is 2.15. The van der Waals surface area contributed by atoms with Crippen molar-refractivity contribution in [1.82, 2.24) is 5.32 Å². The van der Waals surface area contributed by atoms with Gasteiger partial charge in [0, 0.05) is 18.7 Å². The summed E-state index contributed by atoms with van der Waals surface area (Å²) in [5.74, 6) is -1.03. The van der Waals surface area contributed by atoms with E-state index in [2.05, 4.69) is 5.32 Å². The second-order valence-corrected chi connectivity index (χ2v) is 4.23. The van der Waals surface area contributed by atoms with Gasteiger partial charge in [0.1, 0.15) is 11.6 Å². The molecule has 0 saturated carbocycles. The summed E-state index contributed by atoms with van der Waals surface area (Å²) in [7, 11) is 1.60. The molecule has 19 heavy (non-hydrogen) atoms. The van der Waals surface area contributed by atoms with Crippen LogP contribution in [0.2, 0.25) is 0 Å². The second kappa shape index (κ2) is 8.96. The van der Waals surface area contributed by atoms with Gasteiger partial charge in [-0.25, -0.2) is 8.78 Å². The molecule has 0 heterocycles. The lowest BCUT2D eigenvalue weighted by Gasteiger charge is -2.18. The third-order valence-electron chi connectivity index (χ3n) is 2.76.